The van der Waals surface area contributed by atoms with E-state index >= 15 is 0 Å². The molecule has 0 atom stereocenters. The molecule has 2 N–H and O–H groups in total. The monoisotopic (exact) mass is 526 g/mol. The highest BCUT2D eigenvalue weighted by Crippen LogP contribution is 2.19. The van der Waals surface area contributed by atoms with Gasteiger partial charge in [0.25, 0.3) is 0 Å². The van der Waals surface area contributed by atoms with Gasteiger partial charge in [-0.3, -0.25) is 9.79 Å². The van der Waals surface area contributed by atoms with E-state index in [0.717, 1.165) is 17.7 Å². The SMILES string of the molecule is CN=C(NCC(=O)Nc1ccc(F)c(F)c1F)N(C)Cc1ccccc1Cl.I. The van der Waals surface area contributed by atoms with Crippen molar-refractivity contribution in [2.45, 2.75) is 6.54 Å². The van der Waals surface area contributed by atoms with E-state index < -0.39 is 29.0 Å². The third-order valence-electron chi connectivity index (χ3n) is 3.66. The molecule has 0 aliphatic heterocycles. The van der Waals surface area contributed by atoms with Gasteiger partial charge in [-0.1, -0.05) is 29.8 Å². The van der Waals surface area contributed by atoms with Gasteiger partial charge in [-0.25, -0.2) is 13.2 Å². The summed E-state index contributed by atoms with van der Waals surface area (Å²) in [5.41, 5.74) is 0.429. The van der Waals surface area contributed by atoms with Crippen molar-refractivity contribution in [1.82, 2.24) is 10.2 Å². The van der Waals surface area contributed by atoms with Crippen LogP contribution in [-0.4, -0.2) is 37.4 Å². The number of rotatable bonds is 5. The molecule has 0 radical (unpaired) electrons. The van der Waals surface area contributed by atoms with Crippen molar-refractivity contribution < 1.29 is 18.0 Å². The number of carbonyl (C=O) groups excluding carboxylic acids is 1. The van der Waals surface area contributed by atoms with E-state index in [1.807, 2.05) is 18.2 Å². The van der Waals surface area contributed by atoms with E-state index in [9.17, 15) is 18.0 Å². The first-order valence-corrected chi connectivity index (χ1v) is 8.29. The quantitative estimate of drug-likeness (QED) is 0.268. The number of nitrogens with zero attached hydrogens (tertiary/aromatic N) is 2. The Balaban J connectivity index is 0.00000392. The molecular weight excluding hydrogens is 508 g/mol. The summed E-state index contributed by atoms with van der Waals surface area (Å²) in [6.07, 6.45) is 0. The second-order valence-electron chi connectivity index (χ2n) is 5.62. The molecule has 0 heterocycles. The summed E-state index contributed by atoms with van der Waals surface area (Å²) in [6.45, 7) is 0.191. The molecule has 5 nitrogen and oxygen atoms in total. The second kappa shape index (κ2) is 11.1. The topological polar surface area (TPSA) is 56.7 Å². The van der Waals surface area contributed by atoms with E-state index in [-0.39, 0.29) is 30.5 Å². The van der Waals surface area contributed by atoms with Crippen LogP contribution in [-0.2, 0) is 11.3 Å². The van der Waals surface area contributed by atoms with Crippen LogP contribution in [0, 0.1) is 17.5 Å². The standard InChI is InChI=1S/C18H18ClF3N4O.HI/c1-23-18(26(2)10-11-5-3-4-6-12(11)19)24-9-15(27)25-14-8-7-13(20)16(21)17(14)22;/h3-8H,9-10H2,1-2H3,(H,23,24)(H,25,27);1H. The van der Waals surface area contributed by atoms with Crippen LogP contribution in [0.15, 0.2) is 41.4 Å². The van der Waals surface area contributed by atoms with Gasteiger partial charge in [-0.15, -0.1) is 24.0 Å². The summed E-state index contributed by atoms with van der Waals surface area (Å²) < 4.78 is 39.7. The molecule has 0 fully saturated rings. The summed E-state index contributed by atoms with van der Waals surface area (Å²) >= 11 is 6.13. The smallest absolute Gasteiger partial charge is 0.243 e. The predicted octanol–water partition coefficient (Wildman–Crippen LogP) is 4.02. The van der Waals surface area contributed by atoms with E-state index in [1.54, 1.807) is 25.1 Å². The van der Waals surface area contributed by atoms with Gasteiger partial charge in [0.05, 0.1) is 12.2 Å². The Morgan fingerprint density at radius 3 is 2.46 bits per heavy atom. The van der Waals surface area contributed by atoms with Gasteiger partial charge < -0.3 is 15.5 Å². The molecule has 0 saturated carbocycles. The van der Waals surface area contributed by atoms with Crippen molar-refractivity contribution >= 4 is 53.1 Å². The zero-order chi connectivity index (χ0) is 20.0. The first-order chi connectivity index (χ1) is 12.8. The van der Waals surface area contributed by atoms with Crippen molar-refractivity contribution in [1.29, 1.82) is 0 Å². The van der Waals surface area contributed by atoms with Crippen LogP contribution >= 0.6 is 35.6 Å². The fraction of sp³-hybridized carbons (Fsp3) is 0.222. The fourth-order valence-corrected chi connectivity index (χ4v) is 2.51. The first-order valence-electron chi connectivity index (χ1n) is 7.92. The van der Waals surface area contributed by atoms with Crippen LogP contribution in [0.25, 0.3) is 0 Å². The molecule has 0 aliphatic carbocycles. The van der Waals surface area contributed by atoms with E-state index in [1.165, 1.54) is 0 Å². The van der Waals surface area contributed by atoms with Crippen LogP contribution in [0.4, 0.5) is 18.9 Å². The lowest BCUT2D eigenvalue weighted by molar-refractivity contribution is -0.115. The minimum Gasteiger partial charge on any atom is -0.347 e. The molecular formula is C18H19ClF3IN4O. The van der Waals surface area contributed by atoms with Crippen molar-refractivity contribution in [2.24, 2.45) is 4.99 Å². The summed E-state index contributed by atoms with van der Waals surface area (Å²) in [7, 11) is 3.30. The predicted molar refractivity (Wildman–Crippen MR) is 115 cm³/mol. The molecule has 28 heavy (non-hydrogen) atoms. The number of anilines is 1. The van der Waals surface area contributed by atoms with Gasteiger partial charge in [-0.2, -0.15) is 0 Å². The number of aliphatic imine (C=N–C) groups is 1. The number of nitrogens with one attached hydrogen (secondary N) is 2. The number of carbonyl (C=O) groups is 1. The lowest BCUT2D eigenvalue weighted by Gasteiger charge is -2.22. The largest absolute Gasteiger partial charge is 0.347 e. The number of halogens is 5. The lowest BCUT2D eigenvalue weighted by atomic mass is 10.2. The minimum absolute atomic E-state index is 0. The van der Waals surface area contributed by atoms with Crippen molar-refractivity contribution in [3.05, 3.63) is 64.4 Å². The molecule has 2 rings (SSSR count). The van der Waals surface area contributed by atoms with E-state index in [0.29, 0.717) is 17.5 Å². The Morgan fingerprint density at radius 2 is 1.82 bits per heavy atom. The highest BCUT2D eigenvalue weighted by atomic mass is 127. The molecule has 0 saturated heterocycles. The third kappa shape index (κ3) is 6.26. The Morgan fingerprint density at radius 1 is 1.14 bits per heavy atom. The zero-order valence-corrected chi connectivity index (χ0v) is 18.2. The minimum atomic E-state index is -1.64. The third-order valence-corrected chi connectivity index (χ3v) is 4.02. The summed E-state index contributed by atoms with van der Waals surface area (Å²) in [6, 6.07) is 8.99. The van der Waals surface area contributed by atoms with Gasteiger partial charge in [0.15, 0.2) is 23.4 Å². The number of hydrogen-bond acceptors (Lipinski definition) is 2. The number of hydrogen-bond donors (Lipinski definition) is 2. The Labute approximate surface area is 183 Å². The van der Waals surface area contributed by atoms with E-state index in [4.69, 9.17) is 11.6 Å². The highest BCUT2D eigenvalue weighted by Gasteiger charge is 2.16. The van der Waals surface area contributed by atoms with Crippen LogP contribution in [0.5, 0.6) is 0 Å². The second-order valence-corrected chi connectivity index (χ2v) is 6.03. The van der Waals surface area contributed by atoms with Gasteiger partial charge in [0, 0.05) is 25.7 Å². The molecule has 0 spiro atoms. The van der Waals surface area contributed by atoms with Gasteiger partial charge >= 0.3 is 0 Å². The van der Waals surface area contributed by atoms with E-state index in [2.05, 4.69) is 15.6 Å². The van der Waals surface area contributed by atoms with Crippen LogP contribution < -0.4 is 10.6 Å². The molecule has 2 aromatic carbocycles. The Kier molecular flexibility index (Phi) is 9.53. The van der Waals surface area contributed by atoms with Crippen LogP contribution in [0.1, 0.15) is 5.56 Å². The molecule has 10 heteroatoms. The molecule has 0 unspecified atom stereocenters. The molecule has 0 aliphatic rings. The molecule has 152 valence electrons. The number of benzene rings is 2. The zero-order valence-electron chi connectivity index (χ0n) is 15.1. The van der Waals surface area contributed by atoms with Gasteiger partial charge in [-0.05, 0) is 23.8 Å². The van der Waals surface area contributed by atoms with Gasteiger partial charge in [0.1, 0.15) is 0 Å². The van der Waals surface area contributed by atoms with Crippen molar-refractivity contribution in [3.63, 3.8) is 0 Å². The van der Waals surface area contributed by atoms with Crippen molar-refractivity contribution in [2.75, 3.05) is 26.0 Å². The number of amides is 1. The van der Waals surface area contributed by atoms with Crippen molar-refractivity contribution in [3.8, 4) is 0 Å². The summed E-state index contributed by atoms with van der Waals surface area (Å²) in [5.74, 6) is -4.67. The fourth-order valence-electron chi connectivity index (χ4n) is 2.32. The average Bonchev–Trinajstić information content (AvgIpc) is 2.64. The normalized spacial score (nSPS) is 10.9. The van der Waals surface area contributed by atoms with Gasteiger partial charge in [0.2, 0.25) is 5.91 Å². The first kappa shape index (κ1) is 24.0. The number of guanidine groups is 1. The average molecular weight is 527 g/mol. The molecule has 1 amide bonds. The molecule has 0 bridgehead atoms. The lowest BCUT2D eigenvalue weighted by Crippen LogP contribution is -2.42. The van der Waals surface area contributed by atoms with Crippen LogP contribution in [0.3, 0.4) is 0 Å². The maximum absolute atomic E-state index is 13.6. The molecule has 0 aromatic heterocycles. The maximum atomic E-state index is 13.6. The van der Waals surface area contributed by atoms with Crippen LogP contribution in [0.2, 0.25) is 5.02 Å². The Bertz CT molecular complexity index is 867. The Hall–Kier alpha value is -2.01. The molecule has 2 aromatic rings. The maximum Gasteiger partial charge on any atom is 0.243 e. The summed E-state index contributed by atoms with van der Waals surface area (Å²) in [5, 5.41) is 5.59. The summed E-state index contributed by atoms with van der Waals surface area (Å²) in [4.78, 5) is 17.8. The highest BCUT2D eigenvalue weighted by molar-refractivity contribution is 14.0.